The molecule has 8 atom stereocenters. The van der Waals surface area contributed by atoms with E-state index in [0.29, 0.717) is 70.3 Å². The molecule has 416 valence electrons. The number of aromatic amines is 2. The molecule has 78 heavy (non-hydrogen) atoms. The molecule has 2 amide bonds. The summed E-state index contributed by atoms with van der Waals surface area (Å²) in [5, 5.41) is 29.6. The fourth-order valence-corrected chi connectivity index (χ4v) is 14.1. The minimum atomic E-state index is -3.44. The monoisotopic (exact) mass is 1180 g/mol. The maximum atomic E-state index is 14.2. The van der Waals surface area contributed by atoms with Crippen LogP contribution in [0.5, 0.6) is 0 Å². The van der Waals surface area contributed by atoms with Crippen molar-refractivity contribution in [3.8, 4) is 0 Å². The smallest absolute Gasteiger partial charge is 0.253 e. The lowest BCUT2D eigenvalue weighted by Gasteiger charge is -2.48. The zero-order chi connectivity index (χ0) is 55.5. The number of sulfonamides is 2. The molecule has 2 N–H and O–H groups in total. The van der Waals surface area contributed by atoms with Gasteiger partial charge in [0.05, 0.1) is 22.6 Å². The van der Waals surface area contributed by atoms with E-state index in [-0.39, 0.29) is 48.2 Å². The summed E-state index contributed by atoms with van der Waals surface area (Å²) >= 11 is 25.2. The first-order chi connectivity index (χ1) is 37.4. The van der Waals surface area contributed by atoms with Crippen LogP contribution in [0.2, 0.25) is 20.1 Å². The molecule has 0 unspecified atom stereocenters. The van der Waals surface area contributed by atoms with Gasteiger partial charge in [0.25, 0.3) is 11.8 Å². The van der Waals surface area contributed by atoms with Gasteiger partial charge in [0.1, 0.15) is 24.4 Å². The highest BCUT2D eigenvalue weighted by atomic mass is 35.5. The largest absolute Gasteiger partial charge is 0.357 e. The number of tetrazole rings is 2. The molecule has 0 spiro atoms. The fourth-order valence-electron chi connectivity index (χ4n) is 10.2. The number of carbonyl (C=O) groups excluding carboxylic acids is 2. The molecular weight excluding hydrogens is 1130 g/mol. The van der Waals surface area contributed by atoms with Crippen molar-refractivity contribution in [2.45, 2.75) is 124 Å². The first-order valence-corrected chi connectivity index (χ1v) is 30.2. The van der Waals surface area contributed by atoms with E-state index in [0.717, 1.165) is 22.3 Å². The number of hydrogen-bond donors (Lipinski definition) is 2. The highest BCUT2D eigenvalue weighted by Gasteiger charge is 2.50. The number of nitrogens with one attached hydrogen (secondary N) is 2. The van der Waals surface area contributed by atoms with Crippen molar-refractivity contribution in [1.82, 2.24) is 59.7 Å². The second-order valence-electron chi connectivity index (χ2n) is 19.9. The van der Waals surface area contributed by atoms with Gasteiger partial charge in [0.15, 0.2) is 11.6 Å². The number of likely N-dealkylation sites (N-methyl/N-ethyl adjacent to an activating group) is 2. The average Bonchev–Trinajstić information content (AvgIpc) is 4.44. The van der Waals surface area contributed by atoms with Crippen LogP contribution >= 0.6 is 46.4 Å². The summed E-state index contributed by atoms with van der Waals surface area (Å²) in [5.74, 6) is 0.123. The number of ether oxygens (including phenoxy) is 2. The van der Waals surface area contributed by atoms with Crippen molar-refractivity contribution in [2.24, 2.45) is 0 Å². The summed E-state index contributed by atoms with van der Waals surface area (Å²) in [7, 11) is -3.71. The third-order valence-electron chi connectivity index (χ3n) is 14.6. The van der Waals surface area contributed by atoms with Gasteiger partial charge in [0.2, 0.25) is 20.0 Å². The minimum absolute atomic E-state index is 0.100. The number of rotatable bonds is 20. The van der Waals surface area contributed by atoms with Gasteiger partial charge in [-0.1, -0.05) is 119 Å². The van der Waals surface area contributed by atoms with Crippen molar-refractivity contribution < 1.29 is 35.9 Å². The number of hydrogen-bond acceptors (Lipinski definition) is 14. The average molecular weight is 1190 g/mol. The Balaban J connectivity index is 0.000000190. The molecule has 0 bridgehead atoms. The lowest BCUT2D eigenvalue weighted by Crippen LogP contribution is -2.57. The molecule has 4 heterocycles. The Labute approximate surface area is 473 Å². The SMILES string of the molecule is CC[C@@H](CN(C)S(=O)(=O)C1CC1)N1C(=O)[C@@H](Cc2nn[nH]n2)O[C@H](c2cccc(Cl)c2)[C@H]1c1ccc(Cl)cc1.CC[C@@H](CN(C)S(=O)(=O)C1CC1)N1C(=O)[C@H](Cc2nn[nH]n2)O[C@H](c2cccc(Cl)c2)[C@H]1c1ccc(Cl)cc1. The Kier molecular flexibility index (Phi) is 18.2. The van der Waals surface area contributed by atoms with Crippen molar-refractivity contribution in [3.05, 3.63) is 151 Å². The minimum Gasteiger partial charge on any atom is -0.357 e. The topological polar surface area (TPSA) is 243 Å². The standard InChI is InChI=1S/2C26H30Cl2N6O4S/c2*1-3-20(15-33(2)39(36,37)21-11-12-21)34-24(16-7-9-18(27)10-8-16)25(17-5-4-6-19(28)13-17)38-22(26(34)35)14-23-29-31-32-30-23/h2*4-10,13,20-22,24-25H,3,11-12,14-15H2,1-2H3,(H,29,30,31,32)/t20-,22+,24+,25+;20-,22-,24+,25+/m00/s1. The molecule has 4 fully saturated rings. The van der Waals surface area contributed by atoms with Crippen LogP contribution < -0.4 is 0 Å². The third-order valence-corrected chi connectivity index (χ3v) is 20.2. The number of H-pyrrole nitrogens is 2. The predicted molar refractivity (Wildman–Crippen MR) is 293 cm³/mol. The second-order valence-corrected chi connectivity index (χ2v) is 26.3. The number of morpholine rings is 2. The van der Waals surface area contributed by atoms with E-state index in [1.807, 2.05) is 74.5 Å². The van der Waals surface area contributed by atoms with Crippen molar-refractivity contribution in [3.63, 3.8) is 0 Å². The molecular formula is C52H60Cl4N12O8S2. The Hall–Kier alpha value is -5.14. The van der Waals surface area contributed by atoms with E-state index >= 15 is 0 Å². The summed E-state index contributed by atoms with van der Waals surface area (Å²) in [5.41, 5.74) is 3.18. The molecule has 4 aromatic carbocycles. The molecule has 10 rings (SSSR count). The molecule has 4 aliphatic rings. The van der Waals surface area contributed by atoms with Gasteiger partial charge in [-0.3, -0.25) is 9.59 Å². The molecule has 2 aromatic heterocycles. The Morgan fingerprint density at radius 1 is 0.564 bits per heavy atom. The van der Waals surface area contributed by atoms with Gasteiger partial charge in [-0.2, -0.15) is 10.4 Å². The second kappa shape index (κ2) is 24.7. The zero-order valence-electron chi connectivity index (χ0n) is 43.1. The summed E-state index contributed by atoms with van der Waals surface area (Å²) in [6, 6.07) is 27.2. The van der Waals surface area contributed by atoms with Crippen LogP contribution in [-0.2, 0) is 52.0 Å². The van der Waals surface area contributed by atoms with Gasteiger partial charge >= 0.3 is 0 Å². The van der Waals surface area contributed by atoms with Crippen molar-refractivity contribution in [1.29, 1.82) is 0 Å². The van der Waals surface area contributed by atoms with E-state index in [2.05, 4.69) is 41.2 Å². The number of carbonyl (C=O) groups is 2. The van der Waals surface area contributed by atoms with Gasteiger partial charge in [-0.25, -0.2) is 25.4 Å². The molecule has 2 aliphatic carbocycles. The first kappa shape index (κ1) is 57.5. The van der Waals surface area contributed by atoms with Crippen molar-refractivity contribution >= 4 is 78.3 Å². The van der Waals surface area contributed by atoms with Gasteiger partial charge in [-0.15, -0.1) is 20.4 Å². The Bertz CT molecular complexity index is 3020. The summed E-state index contributed by atoms with van der Waals surface area (Å²) in [6.07, 6.45) is 0.838. The van der Waals surface area contributed by atoms with Crippen LogP contribution in [0.1, 0.15) is 111 Å². The van der Waals surface area contributed by atoms with Gasteiger partial charge in [-0.05, 0) is 109 Å². The number of benzene rings is 4. The summed E-state index contributed by atoms with van der Waals surface area (Å²) in [6.45, 7) is 4.21. The molecule has 2 saturated heterocycles. The quantitative estimate of drug-likeness (QED) is 0.0738. The zero-order valence-corrected chi connectivity index (χ0v) is 47.8. The Morgan fingerprint density at radius 2 is 0.936 bits per heavy atom. The van der Waals surface area contributed by atoms with Gasteiger partial charge in [0, 0.05) is 72.2 Å². The highest BCUT2D eigenvalue weighted by molar-refractivity contribution is 7.90. The summed E-state index contributed by atoms with van der Waals surface area (Å²) in [4.78, 5) is 32.0. The molecule has 26 heteroatoms. The normalized spacial score (nSPS) is 22.8. The number of amides is 2. The highest BCUT2D eigenvalue weighted by Crippen LogP contribution is 2.47. The lowest BCUT2D eigenvalue weighted by atomic mass is 9.89. The lowest BCUT2D eigenvalue weighted by molar-refractivity contribution is -0.180. The third kappa shape index (κ3) is 13.0. The number of aromatic nitrogens is 8. The fraction of sp³-hybridized carbons (Fsp3) is 0.462. The maximum Gasteiger partial charge on any atom is 0.253 e. The van der Waals surface area contributed by atoms with E-state index in [4.69, 9.17) is 55.9 Å². The molecule has 6 aromatic rings. The molecule has 2 aliphatic heterocycles. The Morgan fingerprint density at radius 3 is 1.24 bits per heavy atom. The molecule has 0 radical (unpaired) electrons. The molecule has 20 nitrogen and oxygen atoms in total. The summed E-state index contributed by atoms with van der Waals surface area (Å²) < 4.78 is 68.0. The predicted octanol–water partition coefficient (Wildman–Crippen LogP) is 7.92. The maximum absolute atomic E-state index is 14.2. The van der Waals surface area contributed by atoms with Crippen molar-refractivity contribution in [2.75, 3.05) is 27.2 Å². The van der Waals surface area contributed by atoms with Crippen LogP contribution in [-0.4, -0.2) is 150 Å². The van der Waals surface area contributed by atoms with E-state index in [9.17, 15) is 26.4 Å². The molecule has 2 saturated carbocycles. The van der Waals surface area contributed by atoms with E-state index in [1.54, 1.807) is 60.3 Å². The van der Waals surface area contributed by atoms with Crippen LogP contribution in [0.4, 0.5) is 0 Å². The van der Waals surface area contributed by atoms with Crippen LogP contribution in [0, 0.1) is 0 Å². The number of halogens is 4. The van der Waals surface area contributed by atoms with Crippen LogP contribution in [0.25, 0.3) is 0 Å². The first-order valence-electron chi connectivity index (χ1n) is 25.7. The number of nitrogens with zero attached hydrogens (tertiary/aromatic N) is 10. The van der Waals surface area contributed by atoms with Crippen LogP contribution in [0.3, 0.4) is 0 Å². The van der Waals surface area contributed by atoms with Gasteiger partial charge < -0.3 is 19.3 Å². The van der Waals surface area contributed by atoms with Crippen LogP contribution in [0.15, 0.2) is 97.1 Å². The van der Waals surface area contributed by atoms with E-state index in [1.165, 1.54) is 8.61 Å². The van der Waals surface area contributed by atoms with E-state index < -0.39 is 68.6 Å².